The third kappa shape index (κ3) is 24.7. The number of likely N-dealkylation sites (tertiary alicyclic amines) is 1. The van der Waals surface area contributed by atoms with E-state index < -0.39 is 175 Å². The number of carboxylic acid groups (broad SMARTS) is 3. The average molecular weight is 1100 g/mol. The van der Waals surface area contributed by atoms with E-state index in [9.17, 15) is 77.6 Å². The first-order valence-electron chi connectivity index (χ1n) is 24.9. The van der Waals surface area contributed by atoms with Crippen molar-refractivity contribution in [2.75, 3.05) is 19.6 Å². The molecule has 0 saturated carbocycles. The van der Waals surface area contributed by atoms with E-state index in [1.807, 2.05) is 0 Å². The van der Waals surface area contributed by atoms with Crippen LogP contribution in [-0.2, 0) is 62.3 Å². The van der Waals surface area contributed by atoms with Crippen LogP contribution in [0.5, 0.6) is 0 Å². The van der Waals surface area contributed by atoms with Crippen LogP contribution in [0.25, 0.3) is 0 Å². The molecule has 1 saturated heterocycles. The van der Waals surface area contributed by atoms with E-state index in [1.54, 1.807) is 27.7 Å². The minimum Gasteiger partial charge on any atom is -0.481 e. The van der Waals surface area contributed by atoms with E-state index in [4.69, 9.17) is 27.7 Å². The van der Waals surface area contributed by atoms with Crippen LogP contribution in [-0.4, -0.2) is 188 Å². The molecule has 20 N–H and O–H groups in total. The van der Waals surface area contributed by atoms with Gasteiger partial charge in [0.15, 0.2) is 5.96 Å². The molecule has 0 radical (unpaired) electrons. The van der Waals surface area contributed by atoms with Crippen molar-refractivity contribution in [3.05, 3.63) is 0 Å². The predicted molar refractivity (Wildman–Crippen MR) is 270 cm³/mol. The number of carbonyl (C=O) groups is 13. The molecule has 0 unspecified atom stereocenters. The number of hydrogen-bond acceptors (Lipinski definition) is 16. The average Bonchev–Trinajstić information content (AvgIpc) is 3.80. The molecular weight excluding hydrogens is 1020 g/mol. The van der Waals surface area contributed by atoms with Crippen molar-refractivity contribution in [1.82, 2.24) is 52.8 Å². The number of amides is 10. The van der Waals surface area contributed by atoms with E-state index in [0.717, 1.165) is 11.8 Å². The minimum absolute atomic E-state index is 0.00545. The Bertz CT molecular complexity index is 2160. The lowest BCUT2D eigenvalue weighted by Gasteiger charge is -2.30. The van der Waals surface area contributed by atoms with Gasteiger partial charge in [0.2, 0.25) is 59.1 Å². The Balaban J connectivity index is 3.37. The standard InChI is InChI=1S/C46H78N14O17/c1-20(2)14-26(38(69)57-29(45(76)77)15-21(3)4)53-32(63)19-52-41(72)30-11-9-13-60(30)44(75)25(10-8-12-51-46(49)50)54-39(70)28(18-34(66)67)56-43(74)36(23(7)61)59-40(71)27(17-31(48)62)55-42(73)35(22(5)6)58-37(68)24(47)16-33(64)65/h20-30,35-36,61H,8-19,47H2,1-7H3,(H2,48,62)(H,52,72)(H,53,63)(H,54,70)(H,55,73)(H,56,74)(H,57,69)(H,58,68)(H,59,71)(H,64,65)(H,66,67)(H,76,77)(H4,49,50,51)/t23-,24+,25+,26+,27+,28+,29+,30+,35+,36+/m1/s1. The third-order valence-electron chi connectivity index (χ3n) is 11.6. The van der Waals surface area contributed by atoms with Crippen LogP contribution < -0.4 is 65.1 Å². The molecule has 1 fully saturated rings. The zero-order valence-corrected chi connectivity index (χ0v) is 44.3. The lowest BCUT2D eigenvalue weighted by Crippen LogP contribution is -2.62. The van der Waals surface area contributed by atoms with Crippen molar-refractivity contribution in [3.8, 4) is 0 Å². The van der Waals surface area contributed by atoms with E-state index in [2.05, 4.69) is 47.9 Å². The number of aliphatic carboxylic acids is 3. The first kappa shape index (κ1) is 67.3. The van der Waals surface area contributed by atoms with Gasteiger partial charge in [0.25, 0.3) is 0 Å². The van der Waals surface area contributed by atoms with Crippen molar-refractivity contribution in [2.24, 2.45) is 35.0 Å². The molecule has 1 heterocycles. The summed E-state index contributed by atoms with van der Waals surface area (Å²) in [6.07, 6.45) is -4.25. The highest BCUT2D eigenvalue weighted by atomic mass is 16.4. The molecule has 0 aromatic carbocycles. The number of nitrogens with zero attached hydrogens (tertiary/aromatic N) is 1. The van der Waals surface area contributed by atoms with E-state index >= 15 is 0 Å². The van der Waals surface area contributed by atoms with Gasteiger partial charge >= 0.3 is 17.9 Å². The Kier molecular flexibility index (Phi) is 28.6. The number of nitrogens with one attached hydrogen (secondary N) is 10. The molecule has 10 amide bonds. The summed E-state index contributed by atoms with van der Waals surface area (Å²) in [6.45, 7) is 10.4. The van der Waals surface area contributed by atoms with Crippen molar-refractivity contribution in [2.45, 2.75) is 167 Å². The normalized spacial score (nSPS) is 16.6. The predicted octanol–water partition coefficient (Wildman–Crippen LogP) is -5.88. The molecule has 0 aliphatic carbocycles. The van der Waals surface area contributed by atoms with Gasteiger partial charge in [-0.2, -0.15) is 0 Å². The van der Waals surface area contributed by atoms with Crippen LogP contribution in [0.15, 0.2) is 0 Å². The van der Waals surface area contributed by atoms with Crippen molar-refractivity contribution in [1.29, 1.82) is 5.41 Å². The SMILES string of the molecule is CC(C)C[C@H](NC(=O)[C@H](CC(C)C)NC(=O)CNC(=O)[C@@H]1CCCN1C(=O)[C@H](CCCNC(=N)N)NC(=O)[C@H](CC(=O)O)NC(=O)[C@@H](NC(=O)[C@H](CC(N)=O)NC(=O)[C@@H](NC(=O)[C@@H](N)CC(=O)O)C(C)C)[C@@H](C)O)C(=O)O. The zero-order valence-electron chi connectivity index (χ0n) is 44.3. The second-order valence-corrected chi connectivity index (χ2v) is 19.8. The van der Waals surface area contributed by atoms with Crippen molar-refractivity contribution >= 4 is 82.9 Å². The fourth-order valence-electron chi connectivity index (χ4n) is 7.81. The van der Waals surface area contributed by atoms with Gasteiger partial charge in [-0.05, 0) is 63.2 Å². The van der Waals surface area contributed by atoms with E-state index in [1.165, 1.54) is 13.8 Å². The number of aliphatic hydroxyl groups excluding tert-OH is 1. The fourth-order valence-corrected chi connectivity index (χ4v) is 7.81. The highest BCUT2D eigenvalue weighted by Crippen LogP contribution is 2.20. The Morgan fingerprint density at radius 2 is 1.09 bits per heavy atom. The summed E-state index contributed by atoms with van der Waals surface area (Å²) in [5, 5.41) is 67.5. The molecule has 0 aromatic rings. The number of hydrogen-bond donors (Lipinski definition) is 17. The first-order chi connectivity index (χ1) is 35.7. The molecule has 1 aliphatic rings. The van der Waals surface area contributed by atoms with Crippen LogP contribution in [0.1, 0.15) is 106 Å². The largest absolute Gasteiger partial charge is 0.481 e. The Hall–Kier alpha value is -7.70. The molecule has 0 spiro atoms. The van der Waals surface area contributed by atoms with Crippen molar-refractivity contribution in [3.63, 3.8) is 0 Å². The number of aliphatic hydroxyl groups is 1. The van der Waals surface area contributed by atoms with Crippen LogP contribution in [0, 0.1) is 23.2 Å². The molecule has 1 rings (SSSR count). The van der Waals surface area contributed by atoms with Crippen molar-refractivity contribution < 1.29 is 82.8 Å². The number of carbonyl (C=O) groups excluding carboxylic acids is 10. The number of rotatable bonds is 34. The number of guanidine groups is 1. The summed E-state index contributed by atoms with van der Waals surface area (Å²) in [4.78, 5) is 169. The Labute approximate surface area is 444 Å². The minimum atomic E-state index is -2.04. The van der Waals surface area contributed by atoms with E-state index in [-0.39, 0.29) is 63.5 Å². The van der Waals surface area contributed by atoms with Gasteiger partial charge in [-0.3, -0.25) is 62.9 Å². The zero-order chi connectivity index (χ0) is 59.0. The van der Waals surface area contributed by atoms with E-state index in [0.29, 0.717) is 0 Å². The molecule has 77 heavy (non-hydrogen) atoms. The van der Waals surface area contributed by atoms with Crippen LogP contribution >= 0.6 is 0 Å². The number of carboxylic acids is 3. The maximum atomic E-state index is 14.3. The van der Waals surface area contributed by atoms with Crippen LogP contribution in [0.2, 0.25) is 0 Å². The van der Waals surface area contributed by atoms with Gasteiger partial charge in [0.05, 0.1) is 38.0 Å². The molecule has 31 heteroatoms. The highest BCUT2D eigenvalue weighted by Gasteiger charge is 2.40. The van der Waals surface area contributed by atoms with Gasteiger partial charge in [0, 0.05) is 13.1 Å². The molecule has 10 atom stereocenters. The van der Waals surface area contributed by atoms with Gasteiger partial charge in [-0.15, -0.1) is 0 Å². The maximum Gasteiger partial charge on any atom is 0.326 e. The lowest BCUT2D eigenvalue weighted by atomic mass is 10.0. The quantitative estimate of drug-likeness (QED) is 0.0162. The van der Waals surface area contributed by atoms with Gasteiger partial charge in [0.1, 0.15) is 48.3 Å². The van der Waals surface area contributed by atoms with Crippen LogP contribution in [0.4, 0.5) is 0 Å². The monoisotopic (exact) mass is 1100 g/mol. The Morgan fingerprint density at radius 1 is 0.597 bits per heavy atom. The second-order valence-electron chi connectivity index (χ2n) is 19.8. The summed E-state index contributed by atoms with van der Waals surface area (Å²) in [6, 6.07) is -14.1. The third-order valence-corrected chi connectivity index (χ3v) is 11.6. The maximum absolute atomic E-state index is 14.3. The molecule has 0 bridgehead atoms. The summed E-state index contributed by atoms with van der Waals surface area (Å²) in [7, 11) is 0. The van der Waals surface area contributed by atoms with Gasteiger partial charge in [-0.1, -0.05) is 41.5 Å². The number of nitrogens with two attached hydrogens (primary N) is 3. The topological polar surface area (TPSA) is 516 Å². The lowest BCUT2D eigenvalue weighted by molar-refractivity contribution is -0.144. The number of primary amides is 1. The molecular formula is C46H78N14O17. The molecule has 0 aromatic heterocycles. The summed E-state index contributed by atoms with van der Waals surface area (Å²) in [5.74, 6) is -16.1. The van der Waals surface area contributed by atoms with Gasteiger partial charge in [-0.25, -0.2) is 4.79 Å². The van der Waals surface area contributed by atoms with Crippen LogP contribution in [0.3, 0.4) is 0 Å². The second kappa shape index (κ2) is 32.7. The smallest absolute Gasteiger partial charge is 0.326 e. The van der Waals surface area contributed by atoms with Gasteiger partial charge < -0.3 is 90.4 Å². The molecule has 1 aliphatic heterocycles. The Morgan fingerprint density at radius 3 is 1.60 bits per heavy atom. The molecule has 434 valence electrons. The summed E-state index contributed by atoms with van der Waals surface area (Å²) < 4.78 is 0. The fraction of sp³-hybridized carbons (Fsp3) is 0.696. The first-order valence-corrected chi connectivity index (χ1v) is 24.9. The summed E-state index contributed by atoms with van der Waals surface area (Å²) >= 11 is 0. The molecule has 31 nitrogen and oxygen atoms in total. The summed E-state index contributed by atoms with van der Waals surface area (Å²) in [5.41, 5.74) is 16.3. The highest BCUT2D eigenvalue weighted by molar-refractivity contribution is 6.00.